The van der Waals surface area contributed by atoms with Crippen molar-refractivity contribution in [3.05, 3.63) is 29.8 Å². The normalized spacial score (nSPS) is 11.4. The molecular weight excluding hydrogens is 266 g/mol. The van der Waals surface area contributed by atoms with Crippen molar-refractivity contribution in [1.29, 1.82) is 0 Å². The lowest BCUT2D eigenvalue weighted by Gasteiger charge is -2.14. The fourth-order valence-electron chi connectivity index (χ4n) is 1.43. The molecule has 0 aliphatic heterocycles. The average Bonchev–Trinajstić information content (AvgIpc) is 2.38. The maximum absolute atomic E-state index is 11.6. The van der Waals surface area contributed by atoms with Gasteiger partial charge in [0.2, 0.25) is 5.91 Å². The van der Waals surface area contributed by atoms with Crippen molar-refractivity contribution in [2.75, 3.05) is 11.9 Å². The van der Waals surface area contributed by atoms with Crippen LogP contribution in [0, 0.1) is 0 Å². The predicted octanol–water partition coefficient (Wildman–Crippen LogP) is -0.257. The Morgan fingerprint density at radius 1 is 1.20 bits per heavy atom. The quantitative estimate of drug-likeness (QED) is 0.488. The van der Waals surface area contributed by atoms with Crippen LogP contribution in [0.3, 0.4) is 0 Å². The van der Waals surface area contributed by atoms with Gasteiger partial charge in [-0.3, -0.25) is 4.79 Å². The summed E-state index contributed by atoms with van der Waals surface area (Å²) in [6.07, 6.45) is -0.0939. The molecule has 0 heterocycles. The molecule has 0 aromatic heterocycles. The van der Waals surface area contributed by atoms with E-state index in [0.29, 0.717) is 11.3 Å². The molecular formula is C12H15N3O5. The van der Waals surface area contributed by atoms with Gasteiger partial charge in [-0.25, -0.2) is 9.59 Å². The first-order valence-corrected chi connectivity index (χ1v) is 5.75. The molecule has 0 saturated carbocycles. The molecule has 0 aliphatic carbocycles. The number of carbonyl (C=O) groups excluding carboxylic acids is 2. The summed E-state index contributed by atoms with van der Waals surface area (Å²) in [4.78, 5) is 33.2. The summed E-state index contributed by atoms with van der Waals surface area (Å²) in [5.41, 5.74) is 5.74. The van der Waals surface area contributed by atoms with Gasteiger partial charge >= 0.3 is 12.0 Å². The number of aliphatic hydroxyl groups excluding tert-OH is 1. The minimum Gasteiger partial charge on any atom is -0.480 e. The Kier molecular flexibility index (Phi) is 5.48. The summed E-state index contributed by atoms with van der Waals surface area (Å²) in [5.74, 6) is -1.83. The number of anilines is 1. The number of primary amides is 1. The zero-order valence-electron chi connectivity index (χ0n) is 10.5. The van der Waals surface area contributed by atoms with E-state index in [1.165, 1.54) is 24.3 Å². The molecule has 0 bridgehead atoms. The number of hydrogen-bond donors (Lipinski definition) is 5. The van der Waals surface area contributed by atoms with Gasteiger partial charge in [0, 0.05) is 24.3 Å². The lowest BCUT2D eigenvalue weighted by atomic mass is 10.2. The van der Waals surface area contributed by atoms with Gasteiger partial charge in [-0.05, 0) is 24.3 Å². The number of nitrogens with one attached hydrogen (secondary N) is 2. The maximum atomic E-state index is 11.6. The fourth-order valence-corrected chi connectivity index (χ4v) is 1.43. The Morgan fingerprint density at radius 3 is 2.25 bits per heavy atom. The highest BCUT2D eigenvalue weighted by atomic mass is 16.4. The van der Waals surface area contributed by atoms with Gasteiger partial charge in [-0.1, -0.05) is 0 Å². The molecule has 0 spiro atoms. The van der Waals surface area contributed by atoms with Crippen molar-refractivity contribution in [1.82, 2.24) is 5.32 Å². The van der Waals surface area contributed by atoms with E-state index in [0.717, 1.165) is 0 Å². The van der Waals surface area contributed by atoms with Crippen LogP contribution in [0.4, 0.5) is 10.5 Å². The summed E-state index contributed by atoms with van der Waals surface area (Å²) in [5, 5.41) is 22.1. The van der Waals surface area contributed by atoms with Gasteiger partial charge in [-0.2, -0.15) is 0 Å². The second-order valence-corrected chi connectivity index (χ2v) is 3.94. The molecule has 1 aromatic carbocycles. The van der Waals surface area contributed by atoms with Gasteiger partial charge in [0.25, 0.3) is 0 Å². The first-order chi connectivity index (χ1) is 9.43. The van der Waals surface area contributed by atoms with Crippen molar-refractivity contribution in [2.45, 2.75) is 12.5 Å². The van der Waals surface area contributed by atoms with Gasteiger partial charge in [0.1, 0.15) is 6.04 Å². The molecule has 8 heteroatoms. The molecule has 1 aromatic rings. The molecule has 1 rings (SSSR count). The van der Waals surface area contributed by atoms with E-state index in [1.807, 2.05) is 0 Å². The zero-order chi connectivity index (χ0) is 15.1. The van der Waals surface area contributed by atoms with Crippen molar-refractivity contribution >= 4 is 23.6 Å². The third kappa shape index (κ3) is 4.58. The number of aliphatic carboxylic acids is 1. The molecule has 0 radical (unpaired) electrons. The first-order valence-electron chi connectivity index (χ1n) is 5.75. The molecule has 6 N–H and O–H groups in total. The van der Waals surface area contributed by atoms with Gasteiger partial charge in [0.05, 0.1) is 0 Å². The van der Waals surface area contributed by atoms with Crippen LogP contribution >= 0.6 is 0 Å². The van der Waals surface area contributed by atoms with Crippen LogP contribution in [0.15, 0.2) is 24.3 Å². The summed E-state index contributed by atoms with van der Waals surface area (Å²) in [7, 11) is 0. The van der Waals surface area contributed by atoms with Crippen LogP contribution in [0.1, 0.15) is 16.8 Å². The van der Waals surface area contributed by atoms with Crippen molar-refractivity contribution in [3.63, 3.8) is 0 Å². The lowest BCUT2D eigenvalue weighted by Crippen LogP contribution is -2.43. The molecule has 1 atom stereocenters. The Bertz CT molecular complexity index is 500. The molecule has 0 saturated heterocycles. The molecule has 8 nitrogen and oxygen atoms in total. The Balaban J connectivity index is 2.61. The summed E-state index contributed by atoms with van der Waals surface area (Å²) >= 11 is 0. The largest absolute Gasteiger partial charge is 0.480 e. The summed E-state index contributed by atoms with van der Waals surface area (Å²) in [6, 6.07) is 3.88. The van der Waals surface area contributed by atoms with E-state index in [9.17, 15) is 14.4 Å². The number of carboxylic acid groups (broad SMARTS) is 1. The second-order valence-electron chi connectivity index (χ2n) is 3.94. The number of benzene rings is 1. The highest BCUT2D eigenvalue weighted by molar-refractivity contribution is 5.95. The number of rotatable bonds is 6. The number of carbonyl (C=O) groups is 3. The number of amides is 3. The van der Waals surface area contributed by atoms with Gasteiger partial charge < -0.3 is 26.6 Å². The van der Waals surface area contributed by atoms with E-state index in [2.05, 4.69) is 10.6 Å². The Morgan fingerprint density at radius 2 is 1.80 bits per heavy atom. The first kappa shape index (κ1) is 15.4. The highest BCUT2D eigenvalue weighted by Gasteiger charge is 2.19. The highest BCUT2D eigenvalue weighted by Crippen LogP contribution is 2.09. The molecule has 3 amide bonds. The minimum absolute atomic E-state index is 0.0939. The second kappa shape index (κ2) is 7.10. The van der Waals surface area contributed by atoms with E-state index < -0.39 is 23.9 Å². The lowest BCUT2D eigenvalue weighted by molar-refractivity contribution is -0.139. The molecule has 108 valence electrons. The SMILES string of the molecule is NC(=O)c1ccc(NC(=O)N[C@H](CCO)C(=O)O)cc1. The minimum atomic E-state index is -1.24. The van der Waals surface area contributed by atoms with E-state index in [4.69, 9.17) is 15.9 Å². The van der Waals surface area contributed by atoms with Crippen LogP contribution in [0.5, 0.6) is 0 Å². The number of nitrogens with two attached hydrogens (primary N) is 1. The number of urea groups is 1. The van der Waals surface area contributed by atoms with Crippen molar-refractivity contribution in [3.8, 4) is 0 Å². The number of carboxylic acids is 1. The summed E-state index contributed by atoms with van der Waals surface area (Å²) in [6.45, 7) is -0.357. The molecule has 0 aliphatic rings. The zero-order valence-corrected chi connectivity index (χ0v) is 10.5. The van der Waals surface area contributed by atoms with Crippen molar-refractivity contribution in [2.24, 2.45) is 5.73 Å². The number of aliphatic hydroxyl groups is 1. The van der Waals surface area contributed by atoms with Crippen LogP contribution in [-0.2, 0) is 4.79 Å². The van der Waals surface area contributed by atoms with E-state index in [-0.39, 0.29) is 13.0 Å². The van der Waals surface area contributed by atoms with Gasteiger partial charge in [-0.15, -0.1) is 0 Å². The van der Waals surface area contributed by atoms with Crippen molar-refractivity contribution < 1.29 is 24.6 Å². The van der Waals surface area contributed by atoms with E-state index in [1.54, 1.807) is 0 Å². The average molecular weight is 281 g/mol. The Hall–Kier alpha value is -2.61. The molecule has 0 fully saturated rings. The van der Waals surface area contributed by atoms with Crippen LogP contribution in [0.2, 0.25) is 0 Å². The smallest absolute Gasteiger partial charge is 0.326 e. The Labute approximate surface area is 114 Å². The summed E-state index contributed by atoms with van der Waals surface area (Å²) < 4.78 is 0. The monoisotopic (exact) mass is 281 g/mol. The maximum Gasteiger partial charge on any atom is 0.326 e. The standard InChI is InChI=1S/C12H15N3O5/c13-10(17)7-1-3-8(4-2-7)14-12(20)15-9(5-6-16)11(18)19/h1-4,9,16H,5-6H2,(H2,13,17)(H,18,19)(H2,14,15,20)/t9-/m1/s1. The van der Waals surface area contributed by atoms with E-state index >= 15 is 0 Å². The van der Waals surface area contributed by atoms with Crippen LogP contribution in [0.25, 0.3) is 0 Å². The molecule has 0 unspecified atom stereocenters. The van der Waals surface area contributed by atoms with Crippen LogP contribution in [-0.4, -0.2) is 40.8 Å². The van der Waals surface area contributed by atoms with Gasteiger partial charge in [0.15, 0.2) is 0 Å². The third-order valence-corrected chi connectivity index (χ3v) is 2.45. The molecule has 20 heavy (non-hydrogen) atoms. The topological polar surface area (TPSA) is 142 Å². The number of hydrogen-bond acceptors (Lipinski definition) is 4. The fraction of sp³-hybridized carbons (Fsp3) is 0.250. The van der Waals surface area contributed by atoms with Crippen LogP contribution < -0.4 is 16.4 Å². The predicted molar refractivity (Wildman–Crippen MR) is 70.2 cm³/mol. The third-order valence-electron chi connectivity index (χ3n) is 2.45.